The number of hydrogen-bond acceptors (Lipinski definition) is 6. The molecule has 0 saturated heterocycles. The maximum absolute atomic E-state index is 11.3. The van der Waals surface area contributed by atoms with Gasteiger partial charge in [-0.2, -0.15) is 0 Å². The lowest BCUT2D eigenvalue weighted by Gasteiger charge is -2.07. The first-order chi connectivity index (χ1) is 6.74. The fraction of sp³-hybridized carbons (Fsp3) is 0.375. The lowest BCUT2D eigenvalue weighted by atomic mass is 10.3. The van der Waals surface area contributed by atoms with Gasteiger partial charge in [-0.15, -0.1) is 0 Å². The van der Waals surface area contributed by atoms with E-state index in [0.29, 0.717) is 0 Å². The van der Waals surface area contributed by atoms with Gasteiger partial charge in [-0.3, -0.25) is 0 Å². The quantitative estimate of drug-likeness (QED) is 0.649. The van der Waals surface area contributed by atoms with Gasteiger partial charge in [0.15, 0.2) is 5.56 Å². The monoisotopic (exact) mass is 198 g/mol. The number of carbonyl (C=O) groups excluding carboxylic acids is 1. The normalized spacial score (nSPS) is 9.36. The molecule has 0 N–H and O–H groups in total. The van der Waals surface area contributed by atoms with Gasteiger partial charge in [-0.05, 0) is 0 Å². The molecule has 6 nitrogen and oxygen atoms in total. The molecule has 6 heteroatoms. The Bertz CT molecular complexity index is 318. The van der Waals surface area contributed by atoms with E-state index in [1.165, 1.54) is 27.7 Å². The molecule has 0 saturated carbocycles. The first kappa shape index (κ1) is 10.2. The van der Waals surface area contributed by atoms with Crippen molar-refractivity contribution in [2.75, 3.05) is 21.3 Å². The molecule has 14 heavy (non-hydrogen) atoms. The fourth-order valence-corrected chi connectivity index (χ4v) is 0.941. The van der Waals surface area contributed by atoms with Gasteiger partial charge in [-0.25, -0.2) is 14.8 Å². The molecule has 0 amide bonds. The SMILES string of the molecule is COC(=O)c1c(OC)ncnc1OC. The first-order valence-corrected chi connectivity index (χ1v) is 3.75. The van der Waals surface area contributed by atoms with Crippen LogP contribution >= 0.6 is 0 Å². The zero-order chi connectivity index (χ0) is 10.6. The molecule has 0 aromatic carbocycles. The summed E-state index contributed by atoms with van der Waals surface area (Å²) in [5, 5.41) is 0. The highest BCUT2D eigenvalue weighted by molar-refractivity contribution is 5.94. The summed E-state index contributed by atoms with van der Waals surface area (Å²) in [6.45, 7) is 0. The Morgan fingerprint density at radius 1 is 1.14 bits per heavy atom. The molecule has 1 rings (SSSR count). The maximum Gasteiger partial charge on any atom is 0.349 e. The van der Waals surface area contributed by atoms with E-state index in [1.807, 2.05) is 0 Å². The summed E-state index contributed by atoms with van der Waals surface area (Å²) in [5.41, 5.74) is 0.0833. The van der Waals surface area contributed by atoms with Crippen molar-refractivity contribution < 1.29 is 19.0 Å². The van der Waals surface area contributed by atoms with E-state index in [1.54, 1.807) is 0 Å². The number of nitrogens with zero attached hydrogens (tertiary/aromatic N) is 2. The number of ether oxygens (including phenoxy) is 3. The van der Waals surface area contributed by atoms with Crippen LogP contribution < -0.4 is 9.47 Å². The topological polar surface area (TPSA) is 70.5 Å². The van der Waals surface area contributed by atoms with Crippen LogP contribution in [-0.2, 0) is 4.74 Å². The summed E-state index contributed by atoms with van der Waals surface area (Å²) in [6.07, 6.45) is 1.24. The summed E-state index contributed by atoms with van der Waals surface area (Å²) in [5.74, 6) is -0.341. The van der Waals surface area contributed by atoms with Crippen LogP contribution in [0.15, 0.2) is 6.33 Å². The smallest absolute Gasteiger partial charge is 0.349 e. The summed E-state index contributed by atoms with van der Waals surface area (Å²) < 4.78 is 14.3. The molecule has 0 unspecified atom stereocenters. The zero-order valence-electron chi connectivity index (χ0n) is 8.10. The Morgan fingerprint density at radius 2 is 1.64 bits per heavy atom. The molecule has 1 aromatic heterocycles. The molecule has 0 atom stereocenters. The van der Waals surface area contributed by atoms with Crippen LogP contribution in [-0.4, -0.2) is 37.3 Å². The fourth-order valence-electron chi connectivity index (χ4n) is 0.941. The molecular formula is C8H10N2O4. The predicted octanol–water partition coefficient (Wildman–Crippen LogP) is 0.280. The lowest BCUT2D eigenvalue weighted by Crippen LogP contribution is -2.09. The molecule has 0 aliphatic rings. The second kappa shape index (κ2) is 4.40. The van der Waals surface area contributed by atoms with E-state index in [2.05, 4.69) is 14.7 Å². The second-order valence-electron chi connectivity index (χ2n) is 2.26. The number of hydrogen-bond donors (Lipinski definition) is 0. The average molecular weight is 198 g/mol. The van der Waals surface area contributed by atoms with Crippen molar-refractivity contribution >= 4 is 5.97 Å². The minimum absolute atomic E-state index is 0.0833. The van der Waals surface area contributed by atoms with Crippen LogP contribution in [0.3, 0.4) is 0 Å². The molecule has 0 spiro atoms. The van der Waals surface area contributed by atoms with Crippen LogP contribution in [0, 0.1) is 0 Å². The van der Waals surface area contributed by atoms with E-state index >= 15 is 0 Å². The number of esters is 1. The van der Waals surface area contributed by atoms with Gasteiger partial charge in [0.1, 0.15) is 6.33 Å². The van der Waals surface area contributed by atoms with Gasteiger partial charge >= 0.3 is 5.97 Å². The molecule has 0 aliphatic carbocycles. The van der Waals surface area contributed by atoms with Crippen molar-refractivity contribution in [2.45, 2.75) is 0 Å². The van der Waals surface area contributed by atoms with Crippen molar-refractivity contribution in [3.05, 3.63) is 11.9 Å². The molecule has 0 bridgehead atoms. The standard InChI is InChI=1S/C8H10N2O4/c1-12-6-5(8(11)14-3)7(13-2)10-4-9-6/h4H,1-3H3. The van der Waals surface area contributed by atoms with Crippen molar-refractivity contribution in [1.82, 2.24) is 9.97 Å². The maximum atomic E-state index is 11.3. The van der Waals surface area contributed by atoms with E-state index in [9.17, 15) is 4.79 Å². The van der Waals surface area contributed by atoms with Crippen LogP contribution in [0.1, 0.15) is 10.4 Å². The summed E-state index contributed by atoms with van der Waals surface area (Å²) in [7, 11) is 4.05. The van der Waals surface area contributed by atoms with Gasteiger partial charge in [0, 0.05) is 0 Å². The van der Waals surface area contributed by atoms with Gasteiger partial charge in [0.2, 0.25) is 11.8 Å². The Kier molecular flexibility index (Phi) is 3.22. The van der Waals surface area contributed by atoms with E-state index < -0.39 is 5.97 Å². The highest BCUT2D eigenvalue weighted by Crippen LogP contribution is 2.23. The average Bonchev–Trinajstić information content (AvgIpc) is 2.26. The Morgan fingerprint density at radius 3 is 2.00 bits per heavy atom. The van der Waals surface area contributed by atoms with Gasteiger partial charge in [0.25, 0.3) is 0 Å². The van der Waals surface area contributed by atoms with Gasteiger partial charge in [-0.1, -0.05) is 0 Å². The Labute approximate surface area is 80.8 Å². The van der Waals surface area contributed by atoms with E-state index in [0.717, 1.165) is 0 Å². The van der Waals surface area contributed by atoms with Crippen molar-refractivity contribution in [2.24, 2.45) is 0 Å². The number of methoxy groups -OCH3 is 3. The zero-order valence-corrected chi connectivity index (χ0v) is 8.10. The second-order valence-corrected chi connectivity index (χ2v) is 2.26. The largest absolute Gasteiger partial charge is 0.480 e. The summed E-state index contributed by atoms with van der Waals surface area (Å²) in [4.78, 5) is 18.8. The highest BCUT2D eigenvalue weighted by Gasteiger charge is 2.21. The molecule has 1 heterocycles. The van der Waals surface area contributed by atoms with Crippen LogP contribution in [0.25, 0.3) is 0 Å². The molecule has 0 fully saturated rings. The van der Waals surface area contributed by atoms with Crippen LogP contribution in [0.2, 0.25) is 0 Å². The van der Waals surface area contributed by atoms with Crippen molar-refractivity contribution in [3.63, 3.8) is 0 Å². The third kappa shape index (κ3) is 1.73. The van der Waals surface area contributed by atoms with Crippen molar-refractivity contribution in [3.8, 4) is 11.8 Å². The Hall–Kier alpha value is -1.85. The third-order valence-electron chi connectivity index (χ3n) is 1.55. The minimum Gasteiger partial charge on any atom is -0.480 e. The lowest BCUT2D eigenvalue weighted by molar-refractivity contribution is 0.0591. The van der Waals surface area contributed by atoms with Crippen molar-refractivity contribution in [1.29, 1.82) is 0 Å². The van der Waals surface area contributed by atoms with Crippen LogP contribution in [0.4, 0.5) is 0 Å². The number of rotatable bonds is 3. The number of carbonyl (C=O) groups is 1. The molecule has 0 radical (unpaired) electrons. The minimum atomic E-state index is -0.598. The first-order valence-electron chi connectivity index (χ1n) is 3.75. The Balaban J connectivity index is 3.25. The molecular weight excluding hydrogens is 188 g/mol. The predicted molar refractivity (Wildman–Crippen MR) is 46.5 cm³/mol. The van der Waals surface area contributed by atoms with Crippen LogP contribution in [0.5, 0.6) is 11.8 Å². The molecule has 76 valence electrons. The van der Waals surface area contributed by atoms with E-state index in [4.69, 9.17) is 9.47 Å². The van der Waals surface area contributed by atoms with Gasteiger partial charge in [0.05, 0.1) is 21.3 Å². The summed E-state index contributed by atoms with van der Waals surface area (Å²) >= 11 is 0. The van der Waals surface area contributed by atoms with Gasteiger partial charge < -0.3 is 14.2 Å². The third-order valence-corrected chi connectivity index (χ3v) is 1.55. The molecule has 0 aliphatic heterocycles. The highest BCUT2D eigenvalue weighted by atomic mass is 16.5. The molecule has 1 aromatic rings. The summed E-state index contributed by atoms with van der Waals surface area (Å²) in [6, 6.07) is 0. The van der Waals surface area contributed by atoms with E-state index in [-0.39, 0.29) is 17.3 Å². The number of aromatic nitrogens is 2.